The summed E-state index contributed by atoms with van der Waals surface area (Å²) in [5.74, 6) is -0.372. The van der Waals surface area contributed by atoms with Gasteiger partial charge in [-0.2, -0.15) is 0 Å². The lowest BCUT2D eigenvalue weighted by molar-refractivity contribution is -0.153. The van der Waals surface area contributed by atoms with E-state index >= 15 is 0 Å². The van der Waals surface area contributed by atoms with Gasteiger partial charge in [0.05, 0.1) is 31.7 Å². The molecule has 0 radical (unpaired) electrons. The summed E-state index contributed by atoms with van der Waals surface area (Å²) in [6.07, 6.45) is 41.3. The lowest BCUT2D eigenvalue weighted by atomic mass is 10.1. The number of ether oxygens (including phenoxy) is 3. The topological polar surface area (TPSA) is 130 Å². The van der Waals surface area contributed by atoms with Crippen LogP contribution in [0.4, 0.5) is 0 Å². The first-order valence-corrected chi connectivity index (χ1v) is 22.1. The van der Waals surface area contributed by atoms with Crippen LogP contribution in [-0.4, -0.2) is 55.5 Å². The van der Waals surface area contributed by atoms with E-state index in [1.54, 1.807) is 6.26 Å². The molecule has 0 aromatic rings. The first-order valence-electron chi connectivity index (χ1n) is 20.6. The summed E-state index contributed by atoms with van der Waals surface area (Å²) in [5.41, 5.74) is 5.36. The van der Waals surface area contributed by atoms with Crippen molar-refractivity contribution < 1.29 is 37.5 Å². The lowest BCUT2D eigenvalue weighted by Crippen LogP contribution is -2.27. The van der Waals surface area contributed by atoms with Crippen LogP contribution in [0.15, 0.2) is 36.6 Å². The monoisotopic (exact) mass is 742 g/mol. The summed E-state index contributed by atoms with van der Waals surface area (Å²) in [6.45, 7) is 4.16. The van der Waals surface area contributed by atoms with E-state index < -0.39 is 13.9 Å². The molecule has 0 aromatic heterocycles. The van der Waals surface area contributed by atoms with E-state index in [0.717, 1.165) is 57.8 Å². The quantitative estimate of drug-likeness (QED) is 0.0159. The summed E-state index contributed by atoms with van der Waals surface area (Å²) in [4.78, 5) is 22.4. The first-order chi connectivity index (χ1) is 24.9. The van der Waals surface area contributed by atoms with Gasteiger partial charge < -0.3 is 24.8 Å². The molecular weight excluding hydrogens is 665 g/mol. The number of nitrogens with two attached hydrogens (primary N) is 1. The summed E-state index contributed by atoms with van der Waals surface area (Å²) in [5, 5.41) is 0. The van der Waals surface area contributed by atoms with Gasteiger partial charge in [-0.15, -0.1) is 0 Å². The highest BCUT2D eigenvalue weighted by molar-refractivity contribution is 7.47. The van der Waals surface area contributed by atoms with Crippen LogP contribution in [0.2, 0.25) is 0 Å². The number of allylic oxidation sites excluding steroid dienone is 4. The Labute approximate surface area is 312 Å². The maximum absolute atomic E-state index is 12.6. The summed E-state index contributed by atoms with van der Waals surface area (Å²) >= 11 is 0. The van der Waals surface area contributed by atoms with E-state index in [0.29, 0.717) is 12.2 Å². The molecule has 298 valence electrons. The molecule has 10 heteroatoms. The molecule has 1 aliphatic rings. The van der Waals surface area contributed by atoms with Crippen LogP contribution in [0, 0.1) is 0 Å². The normalized spacial score (nSPS) is 17.8. The predicted molar refractivity (Wildman–Crippen MR) is 209 cm³/mol. The molecule has 1 heterocycles. The van der Waals surface area contributed by atoms with Crippen molar-refractivity contribution in [2.45, 2.75) is 193 Å². The van der Waals surface area contributed by atoms with Crippen LogP contribution >= 0.6 is 7.82 Å². The van der Waals surface area contributed by atoms with Gasteiger partial charge in [0.15, 0.2) is 6.10 Å². The number of carbonyl (C=O) groups excluding carboxylic acids is 1. The Morgan fingerprint density at radius 3 is 1.88 bits per heavy atom. The number of carbonyl (C=O) groups is 1. The molecule has 51 heavy (non-hydrogen) atoms. The third-order valence-electron chi connectivity index (χ3n) is 9.02. The van der Waals surface area contributed by atoms with Gasteiger partial charge in [0, 0.05) is 13.0 Å². The summed E-state index contributed by atoms with van der Waals surface area (Å²) < 4.78 is 38.9. The molecule has 4 atom stereocenters. The largest absolute Gasteiger partial charge is 0.498 e. The van der Waals surface area contributed by atoms with Crippen molar-refractivity contribution in [3.8, 4) is 0 Å². The Morgan fingerprint density at radius 1 is 0.706 bits per heavy atom. The highest BCUT2D eigenvalue weighted by Crippen LogP contribution is 2.43. The zero-order chi connectivity index (χ0) is 37.1. The summed E-state index contributed by atoms with van der Waals surface area (Å²) in [6, 6.07) is 0. The molecule has 0 aromatic carbocycles. The maximum Gasteiger partial charge on any atom is 0.472 e. The Morgan fingerprint density at radius 2 is 1.25 bits per heavy atom. The average molecular weight is 742 g/mol. The SMILES string of the molecule is CCCCCC/C=C\CCCCCCCC/C=C/OC[C@H](COP(=O)(O)OCCN)OC(=O)CCCCCCC/C=C\CC1OC1CCCCC. The fraction of sp³-hybridized carbons (Fsp3) is 0.829. The number of phosphoric ester groups is 1. The predicted octanol–water partition coefficient (Wildman–Crippen LogP) is 11.2. The summed E-state index contributed by atoms with van der Waals surface area (Å²) in [7, 11) is -4.30. The van der Waals surface area contributed by atoms with Gasteiger partial charge in [-0.05, 0) is 76.7 Å². The molecule has 0 saturated carbocycles. The molecule has 3 unspecified atom stereocenters. The van der Waals surface area contributed by atoms with Crippen molar-refractivity contribution in [1.29, 1.82) is 0 Å². The van der Waals surface area contributed by atoms with Crippen molar-refractivity contribution >= 4 is 13.8 Å². The van der Waals surface area contributed by atoms with E-state index in [-0.39, 0.29) is 38.8 Å². The van der Waals surface area contributed by atoms with Crippen molar-refractivity contribution in [1.82, 2.24) is 0 Å². The molecule has 1 fully saturated rings. The third-order valence-corrected chi connectivity index (χ3v) is 10.0. The number of hydrogen-bond donors (Lipinski definition) is 2. The Balaban J connectivity index is 2.16. The van der Waals surface area contributed by atoms with Crippen molar-refractivity contribution in [2.75, 3.05) is 26.4 Å². The Bertz CT molecular complexity index is 943. The van der Waals surface area contributed by atoms with Crippen LogP contribution in [0.5, 0.6) is 0 Å². The number of phosphoric acid groups is 1. The zero-order valence-electron chi connectivity index (χ0n) is 32.5. The van der Waals surface area contributed by atoms with Crippen LogP contribution in [0.1, 0.15) is 174 Å². The second-order valence-electron chi connectivity index (χ2n) is 13.9. The molecule has 0 amide bonds. The molecule has 1 saturated heterocycles. The molecule has 1 aliphatic heterocycles. The first kappa shape index (κ1) is 47.5. The minimum Gasteiger partial charge on any atom is -0.498 e. The van der Waals surface area contributed by atoms with Crippen LogP contribution in [-0.2, 0) is 32.6 Å². The van der Waals surface area contributed by atoms with Crippen molar-refractivity contribution in [3.05, 3.63) is 36.6 Å². The molecule has 0 bridgehead atoms. The van der Waals surface area contributed by atoms with Gasteiger partial charge in [-0.25, -0.2) is 4.57 Å². The molecule has 1 rings (SSSR count). The van der Waals surface area contributed by atoms with Gasteiger partial charge in [0.2, 0.25) is 0 Å². The highest BCUT2D eigenvalue weighted by Gasteiger charge is 2.36. The fourth-order valence-electron chi connectivity index (χ4n) is 5.84. The lowest BCUT2D eigenvalue weighted by Gasteiger charge is -2.19. The van der Waals surface area contributed by atoms with Crippen molar-refractivity contribution in [2.24, 2.45) is 5.73 Å². The van der Waals surface area contributed by atoms with Crippen LogP contribution < -0.4 is 5.73 Å². The second-order valence-corrected chi connectivity index (χ2v) is 15.4. The number of unbranched alkanes of at least 4 members (excludes halogenated alkanes) is 18. The minimum absolute atomic E-state index is 0.0201. The van der Waals surface area contributed by atoms with Gasteiger partial charge in [0.1, 0.15) is 6.61 Å². The van der Waals surface area contributed by atoms with E-state index in [1.807, 2.05) is 6.08 Å². The van der Waals surface area contributed by atoms with Crippen molar-refractivity contribution in [3.63, 3.8) is 0 Å². The van der Waals surface area contributed by atoms with Crippen LogP contribution in [0.3, 0.4) is 0 Å². The molecule has 3 N–H and O–H groups in total. The minimum atomic E-state index is -4.30. The van der Waals surface area contributed by atoms with E-state index in [1.165, 1.54) is 96.3 Å². The van der Waals surface area contributed by atoms with E-state index in [4.69, 9.17) is 29.0 Å². The van der Waals surface area contributed by atoms with Gasteiger partial charge in [-0.1, -0.05) is 122 Å². The molecule has 9 nitrogen and oxygen atoms in total. The molecular formula is C41H76NO8P. The molecule has 0 aliphatic carbocycles. The number of epoxide rings is 1. The molecule has 0 spiro atoms. The average Bonchev–Trinajstić information content (AvgIpc) is 3.87. The number of esters is 1. The standard InChI is InChI=1S/C41H76NO8P/c1-3-5-7-8-9-10-11-12-13-14-15-16-19-22-25-29-34-46-36-38(37-48-51(44,45)47-35-33-42)49-41(43)32-28-24-21-18-17-20-23-27-31-40-39(50-40)30-26-6-4-2/h10-11,23,27,29,34,38-40H,3-9,12-22,24-26,28,30-33,35-37,42H2,1-2H3,(H,44,45)/b11-10-,27-23-,34-29+/t38-,39?,40?/m1/s1. The van der Waals surface area contributed by atoms with E-state index in [9.17, 15) is 14.3 Å². The smallest absolute Gasteiger partial charge is 0.472 e. The van der Waals surface area contributed by atoms with Crippen LogP contribution in [0.25, 0.3) is 0 Å². The fourth-order valence-corrected chi connectivity index (χ4v) is 6.61. The van der Waals surface area contributed by atoms with Gasteiger partial charge in [-0.3, -0.25) is 13.8 Å². The number of hydrogen-bond acceptors (Lipinski definition) is 8. The van der Waals surface area contributed by atoms with Gasteiger partial charge in [0.25, 0.3) is 0 Å². The third kappa shape index (κ3) is 31.7. The Kier molecular flexibility index (Phi) is 32.0. The maximum atomic E-state index is 12.6. The zero-order valence-corrected chi connectivity index (χ0v) is 33.4. The van der Waals surface area contributed by atoms with Gasteiger partial charge >= 0.3 is 13.8 Å². The highest BCUT2D eigenvalue weighted by atomic mass is 31.2. The number of rotatable bonds is 38. The second kappa shape index (κ2) is 34.3. The Hall–Kier alpha value is -1.48. The van der Waals surface area contributed by atoms with E-state index in [2.05, 4.69) is 38.2 Å².